The summed E-state index contributed by atoms with van der Waals surface area (Å²) in [5.74, 6) is 3.09. The second-order valence-corrected chi connectivity index (χ2v) is 9.63. The molecule has 0 unspecified atom stereocenters. The van der Waals surface area contributed by atoms with Crippen LogP contribution in [0.5, 0.6) is 0 Å². The molecule has 2 fully saturated rings. The first-order chi connectivity index (χ1) is 10.8. The zero-order chi connectivity index (χ0) is 16.8. The van der Waals surface area contributed by atoms with Gasteiger partial charge in [0.05, 0.1) is 6.61 Å². The zero-order valence-electron chi connectivity index (χ0n) is 15.2. The summed E-state index contributed by atoms with van der Waals surface area (Å²) in [4.78, 5) is 2.23. The molecule has 2 heteroatoms. The van der Waals surface area contributed by atoms with E-state index in [1.807, 2.05) is 0 Å². The van der Waals surface area contributed by atoms with Crippen molar-refractivity contribution in [1.82, 2.24) is 0 Å². The minimum atomic E-state index is 0.204. The maximum atomic E-state index is 9.46. The Hall–Kier alpha value is -0.0800. The van der Waals surface area contributed by atoms with Crippen LogP contribution in [0.4, 0.5) is 0 Å². The van der Waals surface area contributed by atoms with Crippen LogP contribution in [0.25, 0.3) is 0 Å². The number of rotatable bonds is 4. The Balaban J connectivity index is 1.72. The highest BCUT2D eigenvalue weighted by molar-refractivity contribution is 9.11. The number of fused-ring (bicyclic) bond motifs is 1. The van der Waals surface area contributed by atoms with Crippen LogP contribution in [0.15, 0.2) is 22.2 Å². The summed E-state index contributed by atoms with van der Waals surface area (Å²) in [6.45, 7) is 9.91. The van der Waals surface area contributed by atoms with E-state index in [9.17, 15) is 5.11 Å². The van der Waals surface area contributed by atoms with Gasteiger partial charge < -0.3 is 5.11 Å². The van der Waals surface area contributed by atoms with Gasteiger partial charge in [-0.1, -0.05) is 55.3 Å². The van der Waals surface area contributed by atoms with Crippen molar-refractivity contribution in [2.24, 2.45) is 34.5 Å². The van der Waals surface area contributed by atoms with Crippen molar-refractivity contribution >= 4 is 15.9 Å². The Morgan fingerprint density at radius 1 is 1.35 bits per heavy atom. The number of hydrogen-bond acceptors (Lipinski definition) is 1. The van der Waals surface area contributed by atoms with Gasteiger partial charge in [-0.05, 0) is 83.6 Å². The van der Waals surface area contributed by atoms with Crippen molar-refractivity contribution in [2.75, 3.05) is 6.61 Å². The van der Waals surface area contributed by atoms with E-state index in [4.69, 9.17) is 0 Å². The second-order valence-electron chi connectivity index (χ2n) is 9.17. The number of allylic oxidation sites excluding steroid dienone is 2. The summed E-state index contributed by atoms with van der Waals surface area (Å²) in [6, 6.07) is 0. The lowest BCUT2D eigenvalue weighted by molar-refractivity contribution is 0.0758. The molecule has 3 rings (SSSR count). The van der Waals surface area contributed by atoms with Crippen LogP contribution in [0, 0.1) is 34.5 Å². The van der Waals surface area contributed by atoms with E-state index in [0.29, 0.717) is 11.3 Å². The lowest BCUT2D eigenvalue weighted by Gasteiger charge is -2.48. The quantitative estimate of drug-likeness (QED) is 0.585. The van der Waals surface area contributed by atoms with Crippen LogP contribution in [-0.2, 0) is 0 Å². The normalized spacial score (nSPS) is 42.1. The maximum absolute atomic E-state index is 9.46. The van der Waals surface area contributed by atoms with Crippen molar-refractivity contribution in [3.05, 3.63) is 22.2 Å². The van der Waals surface area contributed by atoms with Gasteiger partial charge in [0.1, 0.15) is 0 Å². The highest BCUT2D eigenvalue weighted by Gasteiger charge is 2.51. The monoisotopic (exact) mass is 380 g/mol. The topological polar surface area (TPSA) is 20.2 Å². The smallest absolute Gasteiger partial charge is 0.0647 e. The Kier molecular flexibility index (Phi) is 4.88. The lowest BCUT2D eigenvalue weighted by Crippen LogP contribution is -2.40. The molecule has 0 aliphatic heterocycles. The molecule has 2 saturated carbocycles. The number of aliphatic hydroxyl groups is 1. The fourth-order valence-electron chi connectivity index (χ4n) is 6.14. The fourth-order valence-corrected chi connectivity index (χ4v) is 6.69. The largest absolute Gasteiger partial charge is 0.392 e. The molecule has 1 nitrogen and oxygen atoms in total. The van der Waals surface area contributed by atoms with E-state index in [-0.39, 0.29) is 12.0 Å². The second kappa shape index (κ2) is 6.33. The average Bonchev–Trinajstić information content (AvgIpc) is 2.87. The number of halogens is 1. The van der Waals surface area contributed by atoms with E-state index in [0.717, 1.165) is 17.8 Å². The summed E-state index contributed by atoms with van der Waals surface area (Å²) in [5, 5.41) is 9.46. The summed E-state index contributed by atoms with van der Waals surface area (Å²) < 4.78 is 0. The summed E-state index contributed by atoms with van der Waals surface area (Å²) in [6.07, 6.45) is 10.5. The van der Waals surface area contributed by atoms with Crippen molar-refractivity contribution in [1.29, 1.82) is 0 Å². The van der Waals surface area contributed by atoms with E-state index >= 15 is 0 Å². The molecule has 0 spiro atoms. The van der Waals surface area contributed by atoms with Gasteiger partial charge >= 0.3 is 0 Å². The predicted octanol–water partition coefficient (Wildman–Crippen LogP) is 6.08. The third-order valence-corrected chi connectivity index (χ3v) is 8.41. The van der Waals surface area contributed by atoms with Crippen molar-refractivity contribution in [3.63, 3.8) is 0 Å². The summed E-state index contributed by atoms with van der Waals surface area (Å²) >= 11 is 3.63. The number of hydrogen-bond donors (Lipinski definition) is 1. The van der Waals surface area contributed by atoms with Crippen LogP contribution in [0.2, 0.25) is 0 Å². The van der Waals surface area contributed by atoms with Crippen molar-refractivity contribution in [2.45, 2.75) is 66.2 Å². The van der Waals surface area contributed by atoms with Crippen LogP contribution in [0.3, 0.4) is 0 Å². The molecule has 0 bridgehead atoms. The molecule has 0 heterocycles. The predicted molar refractivity (Wildman–Crippen MR) is 101 cm³/mol. The molecule has 5 atom stereocenters. The number of aliphatic hydroxyl groups excluding tert-OH is 1. The standard InChI is InChI=1S/C21H33BrO/c1-14(10-16-11-17(13-23)20(16,2)3)18-7-8-19-15(12-22)6-5-9-21(18,19)4/h11-12,14,16,18-19,23H,5-10,13H2,1-4H3/b15-12+/t14-,16-,18-,19+,21-/m1/s1. The Morgan fingerprint density at radius 3 is 2.70 bits per heavy atom. The van der Waals surface area contributed by atoms with Gasteiger partial charge in [0.15, 0.2) is 0 Å². The summed E-state index contributed by atoms with van der Waals surface area (Å²) in [5.41, 5.74) is 3.62. The lowest BCUT2D eigenvalue weighted by atomic mass is 9.57. The van der Waals surface area contributed by atoms with Gasteiger partial charge in [0, 0.05) is 0 Å². The first-order valence-electron chi connectivity index (χ1n) is 9.45. The Labute approximate surface area is 150 Å². The molecule has 0 aromatic heterocycles. The van der Waals surface area contributed by atoms with E-state index in [1.165, 1.54) is 44.1 Å². The molecule has 0 aromatic rings. The molecule has 3 aliphatic carbocycles. The van der Waals surface area contributed by atoms with Gasteiger partial charge in [0.2, 0.25) is 0 Å². The fraction of sp³-hybridized carbons (Fsp3) is 0.810. The van der Waals surface area contributed by atoms with Crippen molar-refractivity contribution < 1.29 is 5.11 Å². The molecule has 3 aliphatic rings. The van der Waals surface area contributed by atoms with E-state index in [1.54, 1.807) is 5.57 Å². The molecule has 130 valence electrons. The molecular formula is C21H33BrO. The first-order valence-corrected chi connectivity index (χ1v) is 10.4. The van der Waals surface area contributed by atoms with Crippen LogP contribution in [0.1, 0.15) is 66.2 Å². The molecule has 23 heavy (non-hydrogen) atoms. The zero-order valence-corrected chi connectivity index (χ0v) is 16.8. The van der Waals surface area contributed by atoms with E-state index < -0.39 is 0 Å². The highest BCUT2D eigenvalue weighted by Crippen LogP contribution is 2.61. The van der Waals surface area contributed by atoms with Crippen molar-refractivity contribution in [3.8, 4) is 0 Å². The van der Waals surface area contributed by atoms with Crippen LogP contribution in [-0.4, -0.2) is 11.7 Å². The molecule has 0 radical (unpaired) electrons. The van der Waals surface area contributed by atoms with Gasteiger partial charge in [-0.2, -0.15) is 0 Å². The minimum absolute atomic E-state index is 0.204. The maximum Gasteiger partial charge on any atom is 0.0647 e. The van der Waals surface area contributed by atoms with Gasteiger partial charge in [-0.15, -0.1) is 0 Å². The van der Waals surface area contributed by atoms with E-state index in [2.05, 4.69) is 54.7 Å². The van der Waals surface area contributed by atoms with Crippen LogP contribution < -0.4 is 0 Å². The van der Waals surface area contributed by atoms with Crippen LogP contribution >= 0.6 is 15.9 Å². The third-order valence-electron chi connectivity index (χ3n) is 7.82. The van der Waals surface area contributed by atoms with Gasteiger partial charge in [0.25, 0.3) is 0 Å². The third kappa shape index (κ3) is 2.78. The molecule has 0 amide bonds. The van der Waals surface area contributed by atoms with Gasteiger partial charge in [-0.25, -0.2) is 0 Å². The first kappa shape index (κ1) is 17.7. The summed E-state index contributed by atoms with van der Waals surface area (Å²) in [7, 11) is 0. The Bertz CT molecular complexity index is 518. The minimum Gasteiger partial charge on any atom is -0.392 e. The van der Waals surface area contributed by atoms with Gasteiger partial charge in [-0.3, -0.25) is 0 Å². The molecule has 0 aromatic carbocycles. The molecule has 0 saturated heterocycles. The Morgan fingerprint density at radius 2 is 2.09 bits per heavy atom. The SMILES string of the molecule is C[C@H](C[C@@H]1C=C(CO)C1(C)C)[C@H]1CC[C@H]2/C(=C/Br)CCC[C@]12C. The highest BCUT2D eigenvalue weighted by atomic mass is 79.9. The molecular weight excluding hydrogens is 348 g/mol. The molecule has 1 N–H and O–H groups in total. The average molecular weight is 381 g/mol.